The molecule has 0 amide bonds. The molecule has 0 spiro atoms. The fraction of sp³-hybridized carbons (Fsp3) is 0.875. The molecule has 5 heteroatoms. The summed E-state index contributed by atoms with van der Waals surface area (Å²) in [6, 6.07) is 0. The van der Waals surface area contributed by atoms with E-state index in [1.165, 1.54) is 0 Å². The van der Waals surface area contributed by atoms with Crippen LogP contribution in [0, 0.1) is 0 Å². The lowest BCUT2D eigenvalue weighted by Crippen LogP contribution is -2.00. The van der Waals surface area contributed by atoms with Gasteiger partial charge in [-0.15, -0.1) is 0 Å². The standard InChI is InChI=1S/C2H6N2.C2H7NO.CH4S.3CH4/c2*1-3-4-2;1-2;;;/h4H,1H2,2H3;3H,1-2H3;2H,1H3;3*1H4. The van der Waals surface area contributed by atoms with Crippen molar-refractivity contribution in [2.24, 2.45) is 5.10 Å². The molecule has 0 radical (unpaired) electrons. The molecule has 0 saturated carbocycles. The summed E-state index contributed by atoms with van der Waals surface area (Å²) in [5, 5.41) is 3.24. The van der Waals surface area contributed by atoms with Crippen molar-refractivity contribution in [1.82, 2.24) is 10.9 Å². The maximum absolute atomic E-state index is 4.29. The third-order valence-electron chi connectivity index (χ3n) is 0.362. The van der Waals surface area contributed by atoms with Gasteiger partial charge in [-0.3, -0.25) is 0 Å². The molecule has 0 aromatic carbocycles. The third-order valence-corrected chi connectivity index (χ3v) is 0.362. The Morgan fingerprint density at radius 2 is 1.31 bits per heavy atom. The summed E-state index contributed by atoms with van der Waals surface area (Å²) in [7, 11) is 4.98. The van der Waals surface area contributed by atoms with E-state index in [2.05, 4.69) is 40.2 Å². The number of hydroxylamine groups is 1. The summed E-state index contributed by atoms with van der Waals surface area (Å²) in [5.41, 5.74) is 4.88. The number of thiol groups is 1. The van der Waals surface area contributed by atoms with E-state index in [0.29, 0.717) is 0 Å². The number of rotatable bonds is 2. The van der Waals surface area contributed by atoms with Gasteiger partial charge in [0.25, 0.3) is 0 Å². The highest BCUT2D eigenvalue weighted by molar-refractivity contribution is 7.79. The van der Waals surface area contributed by atoms with Crippen LogP contribution in [0.25, 0.3) is 0 Å². The molecule has 2 N–H and O–H groups in total. The van der Waals surface area contributed by atoms with Crippen LogP contribution in [0.5, 0.6) is 0 Å². The molecule has 13 heavy (non-hydrogen) atoms. The van der Waals surface area contributed by atoms with E-state index in [-0.39, 0.29) is 22.3 Å². The molecule has 0 heterocycles. The third kappa shape index (κ3) is 368. The van der Waals surface area contributed by atoms with Gasteiger partial charge >= 0.3 is 0 Å². The first-order chi connectivity index (χ1) is 4.83. The second kappa shape index (κ2) is 96.8. The molecule has 0 unspecified atom stereocenters. The van der Waals surface area contributed by atoms with Crippen molar-refractivity contribution in [3.05, 3.63) is 0 Å². The minimum absolute atomic E-state index is 0. The van der Waals surface area contributed by atoms with Gasteiger partial charge in [0.1, 0.15) is 0 Å². The van der Waals surface area contributed by atoms with E-state index in [1.54, 1.807) is 27.5 Å². The average Bonchev–Trinajstić information content (AvgIpc) is 2.08. The lowest BCUT2D eigenvalue weighted by molar-refractivity contribution is 0.112. The Bertz CT molecular complexity index is 46.4. The van der Waals surface area contributed by atoms with Crippen LogP contribution < -0.4 is 10.9 Å². The first-order valence-electron chi connectivity index (χ1n) is 2.60. The molecule has 0 fully saturated rings. The molecule has 0 aromatic heterocycles. The van der Waals surface area contributed by atoms with Crippen LogP contribution in [0.15, 0.2) is 5.10 Å². The highest BCUT2D eigenvalue weighted by Crippen LogP contribution is 1.32. The van der Waals surface area contributed by atoms with Crippen LogP contribution in [0.1, 0.15) is 22.3 Å². The van der Waals surface area contributed by atoms with Gasteiger partial charge in [-0.1, -0.05) is 22.3 Å². The summed E-state index contributed by atoms with van der Waals surface area (Å²) in [5.74, 6) is 0. The molecule has 88 valence electrons. The largest absolute Gasteiger partial charge is 0.314 e. The maximum atomic E-state index is 4.29. The molecule has 0 aliphatic heterocycles. The first kappa shape index (κ1) is 38.7. The second-order valence-electron chi connectivity index (χ2n) is 0.790. The Labute approximate surface area is 90.5 Å². The average molecular weight is 215 g/mol. The van der Waals surface area contributed by atoms with Crippen molar-refractivity contribution >= 4 is 19.3 Å². The number of hydrogen-bond donors (Lipinski definition) is 3. The van der Waals surface area contributed by atoms with E-state index in [0.717, 1.165) is 0 Å². The van der Waals surface area contributed by atoms with E-state index in [1.807, 2.05) is 0 Å². The van der Waals surface area contributed by atoms with Crippen molar-refractivity contribution in [2.45, 2.75) is 22.3 Å². The van der Waals surface area contributed by atoms with Gasteiger partial charge in [0.05, 0.1) is 7.11 Å². The molecule has 0 aliphatic carbocycles. The SMILES string of the molecule is C.C.C.C=NNC.CNOC.CS. The summed E-state index contributed by atoms with van der Waals surface area (Å²) in [6.45, 7) is 3.12. The lowest BCUT2D eigenvalue weighted by Gasteiger charge is -1.80. The van der Waals surface area contributed by atoms with Crippen molar-refractivity contribution in [3.63, 3.8) is 0 Å². The summed E-state index contributed by atoms with van der Waals surface area (Å²) >= 11 is 3.53. The van der Waals surface area contributed by atoms with Gasteiger partial charge in [0, 0.05) is 20.8 Å². The Balaban J connectivity index is -0.0000000133. The topological polar surface area (TPSA) is 45.7 Å². The molecule has 4 nitrogen and oxygen atoms in total. The van der Waals surface area contributed by atoms with Crippen LogP contribution in [0.3, 0.4) is 0 Å². The lowest BCUT2D eigenvalue weighted by atomic mass is 11.5. The summed E-state index contributed by atoms with van der Waals surface area (Å²) in [4.78, 5) is 4.29. The Hall–Kier alpha value is -0.260. The van der Waals surface area contributed by atoms with E-state index < -0.39 is 0 Å². The summed E-state index contributed by atoms with van der Waals surface area (Å²) < 4.78 is 0. The number of nitrogens with one attached hydrogen (secondary N) is 2. The fourth-order valence-electron chi connectivity index (χ4n) is 0. The number of hydrazone groups is 1. The summed E-state index contributed by atoms with van der Waals surface area (Å²) in [6.07, 6.45) is 1.69. The molecule has 0 saturated heterocycles. The van der Waals surface area contributed by atoms with Crippen LogP contribution in [-0.2, 0) is 4.84 Å². The van der Waals surface area contributed by atoms with Crippen molar-refractivity contribution in [1.29, 1.82) is 0 Å². The van der Waals surface area contributed by atoms with Crippen molar-refractivity contribution in [3.8, 4) is 0 Å². The number of nitrogens with zero attached hydrogens (tertiary/aromatic N) is 1. The van der Waals surface area contributed by atoms with Gasteiger partial charge in [0.2, 0.25) is 0 Å². The van der Waals surface area contributed by atoms with Gasteiger partial charge in [0.15, 0.2) is 0 Å². The molecule has 0 atom stereocenters. The normalized spacial score (nSPS) is 4.38. The molecule has 0 rings (SSSR count). The molecular weight excluding hydrogens is 186 g/mol. The van der Waals surface area contributed by atoms with Gasteiger partial charge < -0.3 is 10.3 Å². The van der Waals surface area contributed by atoms with Crippen LogP contribution in [0.2, 0.25) is 0 Å². The highest BCUT2D eigenvalue weighted by Gasteiger charge is 1.45. The zero-order valence-electron chi connectivity index (χ0n) is 7.01. The fourth-order valence-corrected chi connectivity index (χ4v) is 0. The monoisotopic (exact) mass is 215 g/mol. The second-order valence-corrected chi connectivity index (χ2v) is 0.790. The van der Waals surface area contributed by atoms with Crippen molar-refractivity contribution in [2.75, 3.05) is 27.5 Å². The highest BCUT2D eigenvalue weighted by atomic mass is 32.1. The zero-order chi connectivity index (χ0) is 8.83. The first-order valence-corrected chi connectivity index (χ1v) is 3.49. The van der Waals surface area contributed by atoms with Gasteiger partial charge in [-0.25, -0.2) is 5.48 Å². The minimum atomic E-state index is 0. The van der Waals surface area contributed by atoms with Crippen LogP contribution in [-0.4, -0.2) is 34.2 Å². The molecule has 0 bridgehead atoms. The quantitative estimate of drug-likeness (QED) is 0.375. The molecule has 0 aliphatic rings. The Morgan fingerprint density at radius 1 is 1.15 bits per heavy atom. The maximum Gasteiger partial charge on any atom is 0.0572 e. The van der Waals surface area contributed by atoms with Gasteiger partial charge in [-0.2, -0.15) is 17.7 Å². The zero-order valence-corrected chi connectivity index (χ0v) is 7.90. The van der Waals surface area contributed by atoms with Crippen LogP contribution in [0.4, 0.5) is 0 Å². The predicted molar refractivity (Wildman–Crippen MR) is 69.8 cm³/mol. The Morgan fingerprint density at radius 3 is 1.31 bits per heavy atom. The van der Waals surface area contributed by atoms with E-state index in [4.69, 9.17) is 0 Å². The Kier molecular flexibility index (Phi) is 288. The predicted octanol–water partition coefficient (Wildman–Crippen LogP) is 2.04. The number of hydrogen-bond acceptors (Lipinski definition) is 5. The smallest absolute Gasteiger partial charge is 0.0572 e. The van der Waals surface area contributed by atoms with Crippen molar-refractivity contribution < 1.29 is 4.84 Å². The molecular formula is C8H29N3OS. The van der Waals surface area contributed by atoms with Gasteiger partial charge in [-0.05, 0) is 6.26 Å². The molecule has 0 aromatic rings. The van der Waals surface area contributed by atoms with Crippen LogP contribution >= 0.6 is 12.6 Å². The minimum Gasteiger partial charge on any atom is -0.314 e. The van der Waals surface area contributed by atoms with E-state index >= 15 is 0 Å². The van der Waals surface area contributed by atoms with E-state index in [9.17, 15) is 0 Å².